The van der Waals surface area contributed by atoms with Gasteiger partial charge < -0.3 is 15.0 Å². The quantitative estimate of drug-likeness (QED) is 0.815. The lowest BCUT2D eigenvalue weighted by molar-refractivity contribution is -0.153. The van der Waals surface area contributed by atoms with Crippen LogP contribution < -0.4 is 10.1 Å². The molecule has 0 aromatic heterocycles. The van der Waals surface area contributed by atoms with Crippen LogP contribution >= 0.6 is 0 Å². The number of urea groups is 1. The maximum Gasteiger partial charge on any atom is 0.422 e. The van der Waals surface area contributed by atoms with Crippen LogP contribution in [0.4, 0.5) is 23.7 Å². The molecule has 0 aliphatic heterocycles. The molecule has 124 valence electrons. The minimum absolute atomic E-state index is 0.000260. The Bertz CT molecular complexity index is 478. The van der Waals surface area contributed by atoms with Crippen molar-refractivity contribution in [3.63, 3.8) is 0 Å². The van der Waals surface area contributed by atoms with Crippen molar-refractivity contribution in [3.8, 4) is 5.75 Å². The average molecular weight is 318 g/mol. The lowest BCUT2D eigenvalue weighted by atomic mass is 10.3. The Morgan fingerprint density at radius 1 is 1.27 bits per heavy atom. The van der Waals surface area contributed by atoms with Gasteiger partial charge in [0.1, 0.15) is 5.75 Å². The van der Waals surface area contributed by atoms with Gasteiger partial charge in [-0.25, -0.2) is 4.79 Å². The Kier molecular flexibility index (Phi) is 7.01. The molecule has 0 heterocycles. The molecule has 0 fully saturated rings. The number of alkyl halides is 3. The van der Waals surface area contributed by atoms with Crippen LogP contribution in [0.2, 0.25) is 0 Å². The van der Waals surface area contributed by atoms with Crippen LogP contribution in [-0.4, -0.2) is 36.8 Å². The van der Waals surface area contributed by atoms with Crippen LogP contribution in [0.5, 0.6) is 5.75 Å². The average Bonchev–Trinajstić information content (AvgIpc) is 2.46. The van der Waals surface area contributed by atoms with Crippen LogP contribution in [0.25, 0.3) is 0 Å². The van der Waals surface area contributed by atoms with Gasteiger partial charge in [-0.15, -0.1) is 0 Å². The molecule has 0 spiro atoms. The van der Waals surface area contributed by atoms with Crippen molar-refractivity contribution in [3.05, 3.63) is 24.3 Å². The summed E-state index contributed by atoms with van der Waals surface area (Å²) in [5.74, 6) is -0.000260. The van der Waals surface area contributed by atoms with E-state index in [1.165, 1.54) is 12.1 Å². The summed E-state index contributed by atoms with van der Waals surface area (Å²) in [6, 6.07) is 5.73. The van der Waals surface area contributed by atoms with E-state index in [2.05, 4.69) is 5.32 Å². The Morgan fingerprint density at radius 3 is 2.55 bits per heavy atom. The van der Waals surface area contributed by atoms with Crippen molar-refractivity contribution in [1.82, 2.24) is 4.90 Å². The minimum atomic E-state index is -4.42. The van der Waals surface area contributed by atoms with Gasteiger partial charge in [0, 0.05) is 13.1 Å². The molecule has 0 unspecified atom stereocenters. The summed E-state index contributed by atoms with van der Waals surface area (Å²) < 4.78 is 41.5. The highest BCUT2D eigenvalue weighted by atomic mass is 19.4. The van der Waals surface area contributed by atoms with Crippen molar-refractivity contribution in [1.29, 1.82) is 0 Å². The molecular weight excluding hydrogens is 297 g/mol. The molecule has 4 nitrogen and oxygen atoms in total. The van der Waals surface area contributed by atoms with E-state index in [1.807, 2.05) is 13.8 Å². The predicted molar refractivity (Wildman–Crippen MR) is 79.2 cm³/mol. The third-order valence-corrected chi connectivity index (χ3v) is 2.97. The number of hydrogen-bond donors (Lipinski definition) is 1. The molecule has 0 aliphatic carbocycles. The minimum Gasteiger partial charge on any atom is -0.482 e. The van der Waals surface area contributed by atoms with Crippen LogP contribution in [0.1, 0.15) is 26.7 Å². The zero-order chi connectivity index (χ0) is 16.6. The number of amides is 2. The molecule has 0 atom stereocenters. The van der Waals surface area contributed by atoms with E-state index in [0.29, 0.717) is 13.1 Å². The number of ether oxygens (including phenoxy) is 1. The highest BCUT2D eigenvalue weighted by Crippen LogP contribution is 2.26. The zero-order valence-electron chi connectivity index (χ0n) is 12.7. The number of hydrogen-bond acceptors (Lipinski definition) is 2. The van der Waals surface area contributed by atoms with Crippen molar-refractivity contribution < 1.29 is 22.7 Å². The number of para-hydroxylation sites is 2. The number of anilines is 1. The molecular formula is C15H21F3N2O2. The predicted octanol–water partition coefficient (Wildman–Crippen LogP) is 4.28. The first-order valence-corrected chi connectivity index (χ1v) is 7.22. The molecule has 2 amide bonds. The summed E-state index contributed by atoms with van der Waals surface area (Å²) in [4.78, 5) is 13.7. The summed E-state index contributed by atoms with van der Waals surface area (Å²) >= 11 is 0. The molecule has 7 heteroatoms. The van der Waals surface area contributed by atoms with Gasteiger partial charge in [0.25, 0.3) is 0 Å². The first-order valence-electron chi connectivity index (χ1n) is 7.22. The van der Waals surface area contributed by atoms with Gasteiger partial charge in [0.15, 0.2) is 6.61 Å². The van der Waals surface area contributed by atoms with E-state index in [0.717, 1.165) is 12.8 Å². The third-order valence-electron chi connectivity index (χ3n) is 2.97. The number of unbranched alkanes of at least 4 members (excludes halogenated alkanes) is 1. The van der Waals surface area contributed by atoms with Crippen LogP contribution in [0.15, 0.2) is 24.3 Å². The molecule has 22 heavy (non-hydrogen) atoms. The van der Waals surface area contributed by atoms with Crippen molar-refractivity contribution in [2.45, 2.75) is 32.9 Å². The van der Waals surface area contributed by atoms with Crippen LogP contribution in [0, 0.1) is 0 Å². The zero-order valence-corrected chi connectivity index (χ0v) is 12.7. The standard InChI is InChI=1S/C15H21F3N2O2/c1-3-5-10-20(4-2)14(21)19-12-8-6-7-9-13(12)22-11-15(16,17)18/h6-9H,3-5,10-11H2,1-2H3,(H,19,21). The van der Waals surface area contributed by atoms with E-state index in [1.54, 1.807) is 17.0 Å². The summed E-state index contributed by atoms with van der Waals surface area (Å²) in [7, 11) is 0. The Hall–Kier alpha value is -1.92. The number of carbonyl (C=O) groups is 1. The van der Waals surface area contributed by atoms with Gasteiger partial charge >= 0.3 is 12.2 Å². The second-order valence-electron chi connectivity index (χ2n) is 4.76. The first-order chi connectivity index (χ1) is 10.4. The summed E-state index contributed by atoms with van der Waals surface area (Å²) in [6.45, 7) is 3.60. The fraction of sp³-hybridized carbons (Fsp3) is 0.533. The van der Waals surface area contributed by atoms with Crippen molar-refractivity contribution in [2.24, 2.45) is 0 Å². The maximum absolute atomic E-state index is 12.2. The normalized spacial score (nSPS) is 11.1. The highest BCUT2D eigenvalue weighted by molar-refractivity contribution is 5.90. The topological polar surface area (TPSA) is 41.6 Å². The summed E-state index contributed by atoms with van der Waals surface area (Å²) in [6.07, 6.45) is -2.60. The second kappa shape index (κ2) is 8.51. The fourth-order valence-electron chi connectivity index (χ4n) is 1.80. The van der Waals surface area contributed by atoms with Crippen molar-refractivity contribution >= 4 is 11.7 Å². The van der Waals surface area contributed by atoms with Gasteiger partial charge in [-0.2, -0.15) is 13.2 Å². The van der Waals surface area contributed by atoms with Gasteiger partial charge in [-0.3, -0.25) is 0 Å². The molecule has 1 rings (SSSR count). The molecule has 0 radical (unpaired) electrons. The third kappa shape index (κ3) is 6.24. The van der Waals surface area contributed by atoms with Gasteiger partial charge in [0.05, 0.1) is 5.69 Å². The number of carbonyl (C=O) groups excluding carboxylic acids is 1. The number of nitrogens with one attached hydrogen (secondary N) is 1. The Labute approximate surface area is 128 Å². The van der Waals surface area contributed by atoms with E-state index in [4.69, 9.17) is 4.74 Å². The SMILES string of the molecule is CCCCN(CC)C(=O)Nc1ccccc1OCC(F)(F)F. The smallest absolute Gasteiger partial charge is 0.422 e. The largest absolute Gasteiger partial charge is 0.482 e. The highest BCUT2D eigenvalue weighted by Gasteiger charge is 2.29. The van der Waals surface area contributed by atoms with Gasteiger partial charge in [0.2, 0.25) is 0 Å². The molecule has 1 aromatic rings. The van der Waals surface area contributed by atoms with Gasteiger partial charge in [-0.1, -0.05) is 25.5 Å². The molecule has 1 aromatic carbocycles. The molecule has 1 N–H and O–H groups in total. The van der Waals surface area contributed by atoms with Crippen molar-refractivity contribution in [2.75, 3.05) is 25.0 Å². The van der Waals surface area contributed by atoms with E-state index in [-0.39, 0.29) is 17.5 Å². The lowest BCUT2D eigenvalue weighted by Gasteiger charge is -2.22. The molecule has 0 saturated heterocycles. The summed E-state index contributed by atoms with van der Waals surface area (Å²) in [5, 5.41) is 2.60. The number of nitrogens with zero attached hydrogens (tertiary/aromatic N) is 1. The Morgan fingerprint density at radius 2 is 1.95 bits per heavy atom. The van der Waals surface area contributed by atoms with E-state index < -0.39 is 12.8 Å². The lowest BCUT2D eigenvalue weighted by Crippen LogP contribution is -2.35. The van der Waals surface area contributed by atoms with Gasteiger partial charge in [-0.05, 0) is 25.5 Å². The first kappa shape index (κ1) is 18.1. The molecule has 0 bridgehead atoms. The Balaban J connectivity index is 2.73. The number of halogens is 3. The maximum atomic E-state index is 12.2. The monoisotopic (exact) mass is 318 g/mol. The summed E-state index contributed by atoms with van der Waals surface area (Å²) in [5.41, 5.74) is 0.228. The fourth-order valence-corrected chi connectivity index (χ4v) is 1.80. The number of benzene rings is 1. The molecule has 0 aliphatic rings. The van der Waals surface area contributed by atoms with E-state index >= 15 is 0 Å². The van der Waals surface area contributed by atoms with E-state index in [9.17, 15) is 18.0 Å². The molecule has 0 saturated carbocycles. The number of rotatable bonds is 7. The van der Waals surface area contributed by atoms with Crippen LogP contribution in [0.3, 0.4) is 0 Å². The van der Waals surface area contributed by atoms with Crippen LogP contribution in [-0.2, 0) is 0 Å². The second-order valence-corrected chi connectivity index (χ2v) is 4.76.